The highest BCUT2D eigenvalue weighted by atomic mass is 79.9. The van der Waals surface area contributed by atoms with E-state index in [1.165, 1.54) is 5.56 Å². The lowest BCUT2D eigenvalue weighted by atomic mass is 10.1. The van der Waals surface area contributed by atoms with Crippen LogP contribution in [-0.2, 0) is 11.3 Å². The Labute approximate surface area is 117 Å². The molecule has 0 aliphatic carbocycles. The van der Waals surface area contributed by atoms with Gasteiger partial charge in [-0.3, -0.25) is 4.90 Å². The van der Waals surface area contributed by atoms with Crippen LogP contribution in [0.15, 0.2) is 24.3 Å². The molecule has 0 spiro atoms. The van der Waals surface area contributed by atoms with Gasteiger partial charge in [0.15, 0.2) is 0 Å². The molecule has 1 saturated heterocycles. The standard InChI is InChI=1S/C14H20BrNO2/c1-11-10-18-14(7-15)9-16(11)8-12-4-3-5-13(6-12)17-2/h3-6,11,14H,7-10H2,1-2H3. The van der Waals surface area contributed by atoms with E-state index in [0.29, 0.717) is 12.1 Å². The van der Waals surface area contributed by atoms with Crippen molar-refractivity contribution in [1.29, 1.82) is 0 Å². The summed E-state index contributed by atoms with van der Waals surface area (Å²) < 4.78 is 11.0. The molecule has 2 atom stereocenters. The molecule has 0 N–H and O–H groups in total. The van der Waals surface area contributed by atoms with Gasteiger partial charge in [0, 0.05) is 24.5 Å². The lowest BCUT2D eigenvalue weighted by molar-refractivity contribution is -0.0499. The molecule has 1 aliphatic heterocycles. The zero-order chi connectivity index (χ0) is 13.0. The summed E-state index contributed by atoms with van der Waals surface area (Å²) in [6.07, 6.45) is 0.298. The summed E-state index contributed by atoms with van der Waals surface area (Å²) >= 11 is 3.49. The van der Waals surface area contributed by atoms with E-state index in [-0.39, 0.29) is 0 Å². The van der Waals surface area contributed by atoms with Crippen molar-refractivity contribution in [2.75, 3.05) is 25.6 Å². The SMILES string of the molecule is COc1cccc(CN2CC(CBr)OCC2C)c1. The summed E-state index contributed by atoms with van der Waals surface area (Å²) in [4.78, 5) is 2.46. The molecule has 100 valence electrons. The molecule has 0 radical (unpaired) electrons. The zero-order valence-electron chi connectivity index (χ0n) is 10.9. The van der Waals surface area contributed by atoms with Crippen LogP contribution >= 0.6 is 15.9 Å². The first-order chi connectivity index (χ1) is 8.72. The molecule has 0 aromatic heterocycles. The molecule has 18 heavy (non-hydrogen) atoms. The second kappa shape index (κ2) is 6.55. The number of nitrogens with zero attached hydrogens (tertiary/aromatic N) is 1. The Morgan fingerprint density at radius 3 is 3.06 bits per heavy atom. The van der Waals surface area contributed by atoms with E-state index < -0.39 is 0 Å². The lowest BCUT2D eigenvalue weighted by Crippen LogP contribution is -2.48. The minimum Gasteiger partial charge on any atom is -0.497 e. The second-order valence-electron chi connectivity index (χ2n) is 4.74. The number of morpholine rings is 1. The molecular formula is C14H20BrNO2. The molecule has 1 heterocycles. The van der Waals surface area contributed by atoms with E-state index in [0.717, 1.165) is 30.8 Å². The van der Waals surface area contributed by atoms with Crippen molar-refractivity contribution >= 4 is 15.9 Å². The van der Waals surface area contributed by atoms with E-state index in [2.05, 4.69) is 39.9 Å². The Balaban J connectivity index is 2.02. The van der Waals surface area contributed by atoms with Crippen LogP contribution in [0.3, 0.4) is 0 Å². The Bertz CT molecular complexity index is 386. The molecule has 1 fully saturated rings. The van der Waals surface area contributed by atoms with Crippen LogP contribution < -0.4 is 4.74 Å². The normalized spacial score (nSPS) is 25.1. The molecule has 0 bridgehead atoms. The summed E-state index contributed by atoms with van der Waals surface area (Å²) in [6.45, 7) is 4.94. The molecule has 1 aliphatic rings. The van der Waals surface area contributed by atoms with Crippen LogP contribution in [0.25, 0.3) is 0 Å². The fourth-order valence-electron chi connectivity index (χ4n) is 2.19. The van der Waals surface area contributed by atoms with E-state index in [4.69, 9.17) is 9.47 Å². The van der Waals surface area contributed by atoms with Gasteiger partial charge in [-0.05, 0) is 24.6 Å². The van der Waals surface area contributed by atoms with Gasteiger partial charge in [0.25, 0.3) is 0 Å². The van der Waals surface area contributed by atoms with Crippen molar-refractivity contribution in [3.63, 3.8) is 0 Å². The van der Waals surface area contributed by atoms with Gasteiger partial charge >= 0.3 is 0 Å². The molecule has 2 rings (SSSR count). The number of hydrogen-bond donors (Lipinski definition) is 0. The lowest BCUT2D eigenvalue weighted by Gasteiger charge is -2.37. The third-order valence-corrected chi connectivity index (χ3v) is 4.05. The number of rotatable bonds is 4. The summed E-state index contributed by atoms with van der Waals surface area (Å²) in [5.74, 6) is 0.922. The van der Waals surface area contributed by atoms with Gasteiger partial charge in [-0.1, -0.05) is 28.1 Å². The predicted molar refractivity (Wildman–Crippen MR) is 76.4 cm³/mol. The first-order valence-electron chi connectivity index (χ1n) is 6.27. The van der Waals surface area contributed by atoms with Gasteiger partial charge in [-0.25, -0.2) is 0 Å². The Morgan fingerprint density at radius 2 is 2.33 bits per heavy atom. The van der Waals surface area contributed by atoms with Crippen LogP contribution in [0.4, 0.5) is 0 Å². The van der Waals surface area contributed by atoms with Crippen LogP contribution in [0.1, 0.15) is 12.5 Å². The number of halogens is 1. The number of benzene rings is 1. The van der Waals surface area contributed by atoms with Crippen molar-refractivity contribution in [2.45, 2.75) is 25.6 Å². The molecule has 1 aromatic carbocycles. The van der Waals surface area contributed by atoms with Crippen LogP contribution in [0, 0.1) is 0 Å². The maximum atomic E-state index is 5.74. The van der Waals surface area contributed by atoms with Crippen molar-refractivity contribution in [3.8, 4) is 5.75 Å². The fourth-order valence-corrected chi connectivity index (χ4v) is 2.59. The van der Waals surface area contributed by atoms with Crippen LogP contribution in [0.5, 0.6) is 5.75 Å². The number of ether oxygens (including phenoxy) is 2. The van der Waals surface area contributed by atoms with Gasteiger partial charge in [0.2, 0.25) is 0 Å². The molecular weight excluding hydrogens is 294 g/mol. The summed E-state index contributed by atoms with van der Waals surface area (Å²) in [6, 6.07) is 8.74. The Morgan fingerprint density at radius 1 is 1.50 bits per heavy atom. The topological polar surface area (TPSA) is 21.7 Å². The maximum Gasteiger partial charge on any atom is 0.119 e. The van der Waals surface area contributed by atoms with E-state index >= 15 is 0 Å². The Hall–Kier alpha value is -0.580. The van der Waals surface area contributed by atoms with Gasteiger partial charge < -0.3 is 9.47 Å². The summed E-state index contributed by atoms with van der Waals surface area (Å²) in [7, 11) is 1.71. The van der Waals surface area contributed by atoms with Crippen molar-refractivity contribution < 1.29 is 9.47 Å². The molecule has 0 amide bonds. The van der Waals surface area contributed by atoms with Crippen LogP contribution in [0.2, 0.25) is 0 Å². The summed E-state index contributed by atoms with van der Waals surface area (Å²) in [5.41, 5.74) is 1.29. The second-order valence-corrected chi connectivity index (χ2v) is 5.39. The summed E-state index contributed by atoms with van der Waals surface area (Å²) in [5, 5.41) is 0.897. The Kier molecular flexibility index (Phi) is 5.03. The third-order valence-electron chi connectivity index (χ3n) is 3.33. The molecule has 1 aromatic rings. The van der Waals surface area contributed by atoms with E-state index in [1.54, 1.807) is 7.11 Å². The van der Waals surface area contributed by atoms with Gasteiger partial charge in [-0.15, -0.1) is 0 Å². The molecule has 0 saturated carbocycles. The number of methoxy groups -OCH3 is 1. The first-order valence-corrected chi connectivity index (χ1v) is 7.39. The van der Waals surface area contributed by atoms with Crippen LogP contribution in [-0.4, -0.2) is 42.6 Å². The smallest absolute Gasteiger partial charge is 0.119 e. The minimum absolute atomic E-state index is 0.298. The molecule has 3 nitrogen and oxygen atoms in total. The molecule has 4 heteroatoms. The number of hydrogen-bond acceptors (Lipinski definition) is 3. The largest absolute Gasteiger partial charge is 0.497 e. The monoisotopic (exact) mass is 313 g/mol. The first kappa shape index (κ1) is 13.8. The average molecular weight is 314 g/mol. The van der Waals surface area contributed by atoms with Gasteiger partial charge in [0.05, 0.1) is 19.8 Å². The quantitative estimate of drug-likeness (QED) is 0.798. The molecule has 2 unspecified atom stereocenters. The van der Waals surface area contributed by atoms with E-state index in [1.807, 2.05) is 12.1 Å². The van der Waals surface area contributed by atoms with E-state index in [9.17, 15) is 0 Å². The highest BCUT2D eigenvalue weighted by Crippen LogP contribution is 2.19. The van der Waals surface area contributed by atoms with Gasteiger partial charge in [0.1, 0.15) is 5.75 Å². The predicted octanol–water partition coefficient (Wildman–Crippen LogP) is 2.68. The fraction of sp³-hybridized carbons (Fsp3) is 0.571. The highest BCUT2D eigenvalue weighted by Gasteiger charge is 2.25. The maximum absolute atomic E-state index is 5.74. The van der Waals surface area contributed by atoms with Crippen molar-refractivity contribution in [1.82, 2.24) is 4.90 Å². The number of alkyl halides is 1. The van der Waals surface area contributed by atoms with Crippen molar-refractivity contribution in [2.24, 2.45) is 0 Å². The minimum atomic E-state index is 0.298. The van der Waals surface area contributed by atoms with Gasteiger partial charge in [-0.2, -0.15) is 0 Å². The average Bonchev–Trinajstić information content (AvgIpc) is 2.41. The zero-order valence-corrected chi connectivity index (χ0v) is 12.5. The third kappa shape index (κ3) is 3.46. The van der Waals surface area contributed by atoms with Crippen molar-refractivity contribution in [3.05, 3.63) is 29.8 Å². The highest BCUT2D eigenvalue weighted by molar-refractivity contribution is 9.09.